The minimum absolute atomic E-state index is 0.314. The molecule has 2 aliphatic carbocycles. The summed E-state index contributed by atoms with van der Waals surface area (Å²) in [5, 5.41) is 7.11. The molecule has 3 rings (SSSR count). The highest BCUT2D eigenvalue weighted by atomic mass is 16.2. The number of rotatable bonds is 5. The van der Waals surface area contributed by atoms with Gasteiger partial charge in [0.2, 0.25) is 5.91 Å². The normalized spacial score (nSPS) is 21.3. The second kappa shape index (κ2) is 4.33. The van der Waals surface area contributed by atoms with E-state index in [4.69, 9.17) is 5.73 Å². The first-order chi connectivity index (χ1) is 9.43. The van der Waals surface area contributed by atoms with Crippen LogP contribution in [0, 0.1) is 12.8 Å². The van der Waals surface area contributed by atoms with E-state index >= 15 is 0 Å². The van der Waals surface area contributed by atoms with Crippen molar-refractivity contribution in [3.05, 3.63) is 17.5 Å². The minimum atomic E-state index is -0.836. The van der Waals surface area contributed by atoms with Crippen LogP contribution in [0.4, 0.5) is 0 Å². The second-order valence-electron chi connectivity index (χ2n) is 6.09. The monoisotopic (exact) mass is 276 g/mol. The van der Waals surface area contributed by atoms with Crippen LogP contribution in [0.1, 0.15) is 54.8 Å². The molecule has 1 aromatic heterocycles. The maximum Gasteiger partial charge on any atom is 0.272 e. The molecule has 0 radical (unpaired) electrons. The standard InChI is InChI=1S/C14H20N4O2/c1-8-7-11(17-18(8)9(2)10-3-4-10)12(19)16-14(5-6-14)13(15)20/h7,9-10H,3-6H2,1-2H3,(H2,15,20)(H,16,19). The molecule has 6 heteroatoms. The van der Waals surface area contributed by atoms with Gasteiger partial charge >= 0.3 is 0 Å². The van der Waals surface area contributed by atoms with Gasteiger partial charge in [0, 0.05) is 5.69 Å². The fraction of sp³-hybridized carbons (Fsp3) is 0.643. The molecule has 0 spiro atoms. The molecule has 1 aromatic rings. The van der Waals surface area contributed by atoms with Crippen LogP contribution >= 0.6 is 0 Å². The van der Waals surface area contributed by atoms with E-state index < -0.39 is 11.4 Å². The summed E-state index contributed by atoms with van der Waals surface area (Å²) in [6.45, 7) is 4.08. The SMILES string of the molecule is Cc1cc(C(=O)NC2(C(N)=O)CC2)nn1C(C)C1CC1. The van der Waals surface area contributed by atoms with Crippen LogP contribution in [-0.2, 0) is 4.79 Å². The van der Waals surface area contributed by atoms with Crippen molar-refractivity contribution < 1.29 is 9.59 Å². The van der Waals surface area contributed by atoms with E-state index in [0.29, 0.717) is 30.5 Å². The summed E-state index contributed by atoms with van der Waals surface area (Å²) in [5.41, 5.74) is 5.81. The number of carbonyl (C=O) groups excluding carboxylic acids is 2. The van der Waals surface area contributed by atoms with E-state index in [1.807, 2.05) is 11.6 Å². The van der Waals surface area contributed by atoms with Gasteiger partial charge in [-0.15, -0.1) is 0 Å². The number of hydrogen-bond acceptors (Lipinski definition) is 3. The fourth-order valence-corrected chi connectivity index (χ4v) is 2.63. The number of primary amides is 1. The molecule has 20 heavy (non-hydrogen) atoms. The molecule has 0 saturated heterocycles. The summed E-state index contributed by atoms with van der Waals surface area (Å²) >= 11 is 0. The molecule has 3 N–H and O–H groups in total. The Labute approximate surface area is 117 Å². The zero-order chi connectivity index (χ0) is 14.5. The molecular formula is C14H20N4O2. The van der Waals surface area contributed by atoms with Gasteiger partial charge < -0.3 is 11.1 Å². The number of nitrogens with zero attached hydrogens (tertiary/aromatic N) is 2. The lowest BCUT2D eigenvalue weighted by molar-refractivity contribution is -0.120. The van der Waals surface area contributed by atoms with E-state index in [2.05, 4.69) is 17.3 Å². The summed E-state index contributed by atoms with van der Waals surface area (Å²) in [5.74, 6) is -0.107. The number of nitrogens with two attached hydrogens (primary N) is 1. The number of amides is 2. The molecule has 0 aliphatic heterocycles. The van der Waals surface area contributed by atoms with Crippen LogP contribution in [0.3, 0.4) is 0 Å². The summed E-state index contributed by atoms with van der Waals surface area (Å²) in [6.07, 6.45) is 3.69. The molecule has 2 aliphatic rings. The predicted octanol–water partition coefficient (Wildman–Crippen LogP) is 0.910. The van der Waals surface area contributed by atoms with Crippen LogP contribution in [-0.4, -0.2) is 27.1 Å². The molecular weight excluding hydrogens is 256 g/mol. The van der Waals surface area contributed by atoms with Crippen molar-refractivity contribution in [2.75, 3.05) is 0 Å². The lowest BCUT2D eigenvalue weighted by Gasteiger charge is -2.13. The Morgan fingerprint density at radius 1 is 1.50 bits per heavy atom. The van der Waals surface area contributed by atoms with Crippen LogP contribution in [0.15, 0.2) is 6.07 Å². The summed E-state index contributed by atoms with van der Waals surface area (Å²) < 4.78 is 1.91. The average Bonchev–Trinajstić information content (AvgIpc) is 3.27. The fourth-order valence-electron chi connectivity index (χ4n) is 2.63. The van der Waals surface area contributed by atoms with E-state index in [0.717, 1.165) is 5.69 Å². The van der Waals surface area contributed by atoms with E-state index in [9.17, 15) is 9.59 Å². The van der Waals surface area contributed by atoms with Crippen LogP contribution < -0.4 is 11.1 Å². The number of hydrogen-bond donors (Lipinski definition) is 2. The van der Waals surface area contributed by atoms with Crippen molar-refractivity contribution in [1.82, 2.24) is 15.1 Å². The largest absolute Gasteiger partial charge is 0.368 e. The smallest absolute Gasteiger partial charge is 0.272 e. The van der Waals surface area contributed by atoms with Crippen LogP contribution in [0.5, 0.6) is 0 Å². The highest BCUT2D eigenvalue weighted by Gasteiger charge is 2.50. The zero-order valence-corrected chi connectivity index (χ0v) is 11.8. The topological polar surface area (TPSA) is 90.0 Å². The minimum Gasteiger partial charge on any atom is -0.368 e. The molecule has 108 valence electrons. The van der Waals surface area contributed by atoms with Gasteiger partial charge in [-0.1, -0.05) is 0 Å². The molecule has 6 nitrogen and oxygen atoms in total. The summed E-state index contributed by atoms with van der Waals surface area (Å²) in [6, 6.07) is 2.09. The van der Waals surface area contributed by atoms with Crippen molar-refractivity contribution in [2.45, 2.75) is 51.1 Å². The highest BCUT2D eigenvalue weighted by molar-refractivity contribution is 5.99. The molecule has 0 aromatic carbocycles. The Bertz CT molecular complexity index is 570. The average molecular weight is 276 g/mol. The first kappa shape index (κ1) is 13.1. The van der Waals surface area contributed by atoms with Gasteiger partial charge in [0.05, 0.1) is 6.04 Å². The zero-order valence-electron chi connectivity index (χ0n) is 11.8. The van der Waals surface area contributed by atoms with Crippen molar-refractivity contribution in [3.8, 4) is 0 Å². The Kier molecular flexibility index (Phi) is 2.84. The predicted molar refractivity (Wildman–Crippen MR) is 73.0 cm³/mol. The highest BCUT2D eigenvalue weighted by Crippen LogP contribution is 2.39. The number of carbonyl (C=O) groups is 2. The van der Waals surface area contributed by atoms with Gasteiger partial charge in [0.25, 0.3) is 5.91 Å². The lowest BCUT2D eigenvalue weighted by atomic mass is 10.2. The van der Waals surface area contributed by atoms with Gasteiger partial charge in [-0.3, -0.25) is 14.3 Å². The van der Waals surface area contributed by atoms with Gasteiger partial charge in [-0.2, -0.15) is 5.10 Å². The van der Waals surface area contributed by atoms with Gasteiger partial charge in [0.15, 0.2) is 0 Å². The first-order valence-electron chi connectivity index (χ1n) is 7.11. The van der Waals surface area contributed by atoms with Crippen LogP contribution in [0.25, 0.3) is 0 Å². The third-order valence-corrected chi connectivity index (χ3v) is 4.42. The van der Waals surface area contributed by atoms with Crippen molar-refractivity contribution in [1.29, 1.82) is 0 Å². The Hall–Kier alpha value is -1.85. The summed E-state index contributed by atoms with van der Waals surface area (Å²) in [7, 11) is 0. The van der Waals surface area contributed by atoms with Crippen molar-refractivity contribution in [3.63, 3.8) is 0 Å². The summed E-state index contributed by atoms with van der Waals surface area (Å²) in [4.78, 5) is 23.5. The number of aryl methyl sites for hydroxylation is 1. The Balaban J connectivity index is 1.75. The maximum absolute atomic E-state index is 12.2. The van der Waals surface area contributed by atoms with Gasteiger partial charge in [-0.25, -0.2) is 0 Å². The van der Waals surface area contributed by atoms with Gasteiger partial charge in [0.1, 0.15) is 11.2 Å². The molecule has 0 bridgehead atoms. The number of aromatic nitrogens is 2. The third kappa shape index (κ3) is 2.19. The van der Waals surface area contributed by atoms with Gasteiger partial charge in [-0.05, 0) is 51.5 Å². The Morgan fingerprint density at radius 2 is 2.15 bits per heavy atom. The third-order valence-electron chi connectivity index (χ3n) is 4.42. The molecule has 1 unspecified atom stereocenters. The van der Waals surface area contributed by atoms with Crippen LogP contribution in [0.2, 0.25) is 0 Å². The van der Waals surface area contributed by atoms with Crippen molar-refractivity contribution >= 4 is 11.8 Å². The lowest BCUT2D eigenvalue weighted by Crippen LogP contribution is -2.46. The van der Waals surface area contributed by atoms with E-state index in [1.54, 1.807) is 6.07 Å². The first-order valence-corrected chi connectivity index (χ1v) is 7.11. The second-order valence-corrected chi connectivity index (χ2v) is 6.09. The van der Waals surface area contributed by atoms with E-state index in [-0.39, 0.29) is 5.91 Å². The Morgan fingerprint density at radius 3 is 2.65 bits per heavy atom. The molecule has 1 heterocycles. The van der Waals surface area contributed by atoms with Crippen molar-refractivity contribution in [2.24, 2.45) is 11.7 Å². The molecule has 1 atom stereocenters. The maximum atomic E-state index is 12.2. The van der Waals surface area contributed by atoms with E-state index in [1.165, 1.54) is 12.8 Å². The molecule has 2 saturated carbocycles. The molecule has 2 amide bonds. The number of nitrogens with one attached hydrogen (secondary N) is 1. The quantitative estimate of drug-likeness (QED) is 0.837. The molecule has 2 fully saturated rings.